The number of carbonyl (C=O) groups excluding carboxylic acids is 3. The van der Waals surface area contributed by atoms with Crippen molar-refractivity contribution in [2.75, 3.05) is 38.8 Å². The molecule has 0 unspecified atom stereocenters. The molecule has 0 radical (unpaired) electrons. The molecule has 4 aliphatic rings. The molecule has 3 heterocycles. The Morgan fingerprint density at radius 1 is 1.18 bits per heavy atom. The number of ether oxygens (including phenoxy) is 2. The van der Waals surface area contributed by atoms with Crippen molar-refractivity contribution in [2.24, 2.45) is 17.8 Å². The van der Waals surface area contributed by atoms with E-state index in [9.17, 15) is 37.1 Å². The minimum absolute atomic E-state index is 0.0449. The number of pyridine rings is 1. The molecule has 55 heavy (non-hydrogen) atoms. The van der Waals surface area contributed by atoms with Gasteiger partial charge in [0.25, 0.3) is 5.91 Å². The van der Waals surface area contributed by atoms with Crippen LogP contribution in [0, 0.1) is 17.8 Å². The molecule has 1 saturated heterocycles. The second-order valence-electron chi connectivity index (χ2n) is 15.6. The number of anilines is 1. The first kappa shape index (κ1) is 40.0. The number of carboxylic acid groups (broad SMARTS) is 1. The summed E-state index contributed by atoms with van der Waals surface area (Å²) in [4.78, 5) is 62.8. The minimum Gasteiger partial charge on any atom is -0.497 e. The number of nitrogens with zero attached hydrogens (tertiary/aromatic N) is 3. The van der Waals surface area contributed by atoms with Crippen LogP contribution < -0.4 is 29.7 Å². The summed E-state index contributed by atoms with van der Waals surface area (Å²) in [7, 11) is -0.951. The van der Waals surface area contributed by atoms with E-state index < -0.39 is 80.8 Å². The molecule has 4 amide bonds. The molecular weight excluding hydrogens is 736 g/mol. The third-order valence-electron chi connectivity index (χ3n) is 11.7. The van der Waals surface area contributed by atoms with Gasteiger partial charge in [-0.05, 0) is 86.9 Å². The number of aromatic nitrogens is 1. The highest BCUT2D eigenvalue weighted by molar-refractivity contribution is 7.91. The number of amides is 4. The number of hydrogen-bond donors (Lipinski definition) is 4. The van der Waals surface area contributed by atoms with Crippen LogP contribution in [0.4, 0.5) is 15.0 Å². The van der Waals surface area contributed by atoms with Crippen LogP contribution in [-0.2, 0) is 24.4 Å². The van der Waals surface area contributed by atoms with E-state index in [0.29, 0.717) is 42.8 Å². The molecule has 17 heteroatoms. The van der Waals surface area contributed by atoms with Crippen LogP contribution in [0.3, 0.4) is 0 Å². The second kappa shape index (κ2) is 15.5. The number of sulfonamides is 1. The Kier molecular flexibility index (Phi) is 11.2. The Hall–Kier alpha value is -4.67. The van der Waals surface area contributed by atoms with Crippen LogP contribution in [-0.4, -0.2) is 110 Å². The Morgan fingerprint density at radius 3 is 2.58 bits per heavy atom. The molecule has 2 saturated carbocycles. The predicted molar refractivity (Wildman–Crippen MR) is 202 cm³/mol. The molecule has 2 aliphatic heterocycles. The van der Waals surface area contributed by atoms with Crippen molar-refractivity contribution in [1.82, 2.24) is 25.2 Å². The quantitative estimate of drug-likeness (QED) is 0.257. The number of benzene rings is 1. The monoisotopic (exact) mass is 786 g/mol. The molecule has 4 N–H and O–H groups in total. The van der Waals surface area contributed by atoms with E-state index in [-0.39, 0.29) is 44.0 Å². The Balaban J connectivity index is 1.36. The lowest BCUT2D eigenvalue weighted by Crippen LogP contribution is -2.59. The van der Waals surface area contributed by atoms with Gasteiger partial charge in [-0.2, -0.15) is 4.98 Å². The molecule has 15 nitrogen and oxygen atoms in total. The number of halogens is 1. The molecular formula is C38H51FN6O9S. The largest absolute Gasteiger partial charge is 0.497 e. The van der Waals surface area contributed by atoms with Crippen molar-refractivity contribution in [3.63, 3.8) is 0 Å². The number of carbonyl (C=O) groups is 4. The van der Waals surface area contributed by atoms with Crippen molar-refractivity contribution >= 4 is 50.4 Å². The number of allylic oxidation sites excluding steroid dienone is 1. The van der Waals surface area contributed by atoms with Crippen LogP contribution in [0.5, 0.6) is 11.6 Å². The SMILES string of the molecule is CCN(C)c1cc2cc(OC)ccc2c(O[C@@H]2C[C@H]3C(=O)N[C@]4(C(=O)NS(=O)(=O)C5(CF)CC5)C[C@H]4/C=C\CC[C@@H](C)C[C@@H](C)[C@H](NC(=O)O)C(=O)N3C2)n1. The smallest absolute Gasteiger partial charge is 0.405 e. The highest BCUT2D eigenvalue weighted by Gasteiger charge is 2.64. The van der Waals surface area contributed by atoms with Crippen molar-refractivity contribution in [2.45, 2.75) is 94.2 Å². The van der Waals surface area contributed by atoms with Gasteiger partial charge in [0.1, 0.15) is 46.7 Å². The topological polar surface area (TPSA) is 197 Å². The fourth-order valence-electron chi connectivity index (χ4n) is 7.81. The standard InChI is InChI=1S/C38H51FN6O9S/c1-6-44(4)30-17-24-16-26(53-5)11-12-28(24)33(40-30)54-27-18-29-32(46)42-38(35(48)43-55(51,52)37(21-39)13-14-37)19-25(38)10-8-7-9-22(2)15-23(3)31(41-36(49)50)34(47)45(29)20-27/h8,10-12,16-17,22-23,25,27,29,31,41H,6-7,9,13-15,18-21H2,1-5H3,(H,42,46)(H,43,48)(H,49,50)/b10-8-/t22-,23-,25-,27-,29+,31+,38-/m1/s1. The summed E-state index contributed by atoms with van der Waals surface area (Å²) < 4.78 is 52.5. The normalized spacial score (nSPS) is 29.7. The minimum atomic E-state index is -4.39. The second-order valence-corrected chi connectivity index (χ2v) is 17.7. The van der Waals surface area contributed by atoms with E-state index in [1.165, 1.54) is 4.90 Å². The highest BCUT2D eigenvalue weighted by atomic mass is 32.2. The van der Waals surface area contributed by atoms with Crippen LogP contribution in [0.25, 0.3) is 10.8 Å². The van der Waals surface area contributed by atoms with Gasteiger partial charge in [0.05, 0.1) is 13.7 Å². The maximum atomic E-state index is 14.5. The van der Waals surface area contributed by atoms with Gasteiger partial charge < -0.3 is 35.0 Å². The maximum absolute atomic E-state index is 14.5. The fraction of sp³-hybridized carbons (Fsp3) is 0.605. The number of nitrogens with one attached hydrogen (secondary N) is 3. The average molecular weight is 787 g/mol. The fourth-order valence-corrected chi connectivity index (χ4v) is 9.23. The number of fused-ring (bicyclic) bond motifs is 3. The van der Waals surface area contributed by atoms with Gasteiger partial charge in [0.2, 0.25) is 27.7 Å². The van der Waals surface area contributed by atoms with Crippen LogP contribution in [0.2, 0.25) is 0 Å². The lowest BCUT2D eigenvalue weighted by molar-refractivity contribution is -0.142. The summed E-state index contributed by atoms with van der Waals surface area (Å²) >= 11 is 0. The molecule has 2 aliphatic carbocycles. The first-order valence-corrected chi connectivity index (χ1v) is 20.3. The van der Waals surface area contributed by atoms with Gasteiger partial charge in [0.15, 0.2) is 0 Å². The van der Waals surface area contributed by atoms with Gasteiger partial charge in [0, 0.05) is 31.3 Å². The Bertz CT molecular complexity index is 1980. The molecule has 7 atom stereocenters. The first-order chi connectivity index (χ1) is 26.1. The number of alkyl halides is 1. The Labute approximate surface area is 320 Å². The third-order valence-corrected chi connectivity index (χ3v) is 13.8. The average Bonchev–Trinajstić information content (AvgIpc) is 4.05. The van der Waals surface area contributed by atoms with Crippen LogP contribution in [0.1, 0.15) is 65.7 Å². The number of rotatable bonds is 10. The van der Waals surface area contributed by atoms with E-state index in [4.69, 9.17) is 14.5 Å². The zero-order valence-corrected chi connectivity index (χ0v) is 32.7. The van der Waals surface area contributed by atoms with E-state index in [0.717, 1.165) is 5.39 Å². The molecule has 300 valence electrons. The van der Waals surface area contributed by atoms with Crippen LogP contribution in [0.15, 0.2) is 36.4 Å². The zero-order valence-electron chi connectivity index (χ0n) is 31.8. The van der Waals surface area contributed by atoms with Gasteiger partial charge in [-0.3, -0.25) is 19.1 Å². The van der Waals surface area contributed by atoms with Gasteiger partial charge >= 0.3 is 6.09 Å². The molecule has 1 aromatic carbocycles. The van der Waals surface area contributed by atoms with E-state index in [1.54, 1.807) is 32.2 Å². The molecule has 0 bridgehead atoms. The summed E-state index contributed by atoms with van der Waals surface area (Å²) in [6, 6.07) is 4.89. The van der Waals surface area contributed by atoms with Crippen molar-refractivity contribution < 1.29 is 46.6 Å². The molecule has 6 rings (SSSR count). The Morgan fingerprint density at radius 2 is 1.93 bits per heavy atom. The number of methoxy groups -OCH3 is 1. The van der Waals surface area contributed by atoms with E-state index in [2.05, 4.69) is 15.4 Å². The maximum Gasteiger partial charge on any atom is 0.405 e. The zero-order chi connectivity index (χ0) is 39.9. The summed E-state index contributed by atoms with van der Waals surface area (Å²) in [5.74, 6) is -1.76. The van der Waals surface area contributed by atoms with E-state index in [1.807, 2.05) is 44.0 Å². The van der Waals surface area contributed by atoms with Gasteiger partial charge in [-0.1, -0.05) is 26.0 Å². The van der Waals surface area contributed by atoms with Gasteiger partial charge in [-0.15, -0.1) is 0 Å². The molecule has 3 fully saturated rings. The van der Waals surface area contributed by atoms with E-state index >= 15 is 0 Å². The predicted octanol–water partition coefficient (Wildman–Crippen LogP) is 3.52. The number of hydrogen-bond acceptors (Lipinski definition) is 10. The first-order valence-electron chi connectivity index (χ1n) is 18.8. The van der Waals surface area contributed by atoms with Crippen molar-refractivity contribution in [3.05, 3.63) is 36.4 Å². The third kappa shape index (κ3) is 8.03. The summed E-state index contributed by atoms with van der Waals surface area (Å²) in [6.07, 6.45) is 3.48. The lowest BCUT2D eigenvalue weighted by Gasteiger charge is -2.32. The molecule has 0 spiro atoms. The summed E-state index contributed by atoms with van der Waals surface area (Å²) in [5.41, 5.74) is -1.67. The summed E-state index contributed by atoms with van der Waals surface area (Å²) in [5, 5.41) is 16.4. The summed E-state index contributed by atoms with van der Waals surface area (Å²) in [6.45, 7) is 5.17. The van der Waals surface area contributed by atoms with Gasteiger partial charge in [-0.25, -0.2) is 17.6 Å². The van der Waals surface area contributed by atoms with Crippen molar-refractivity contribution in [3.8, 4) is 11.6 Å². The molecule has 1 aromatic heterocycles. The van der Waals surface area contributed by atoms with Crippen molar-refractivity contribution in [1.29, 1.82) is 0 Å². The highest BCUT2D eigenvalue weighted by Crippen LogP contribution is 2.48. The van der Waals surface area contributed by atoms with Crippen LogP contribution >= 0.6 is 0 Å². The molecule has 2 aromatic rings. The lowest BCUT2D eigenvalue weighted by atomic mass is 9.88.